The van der Waals surface area contributed by atoms with Gasteiger partial charge in [-0.2, -0.15) is 0 Å². The molecule has 10 nitrogen and oxygen atoms in total. The molecule has 3 aliphatic rings. The second kappa shape index (κ2) is 9.21. The molecule has 0 amide bonds. The molecule has 0 radical (unpaired) electrons. The Morgan fingerprint density at radius 3 is 1.85 bits per heavy atom. The molecule has 0 N–H and O–H groups in total. The first-order valence-electron chi connectivity index (χ1n) is 11.2. The fourth-order valence-electron chi connectivity index (χ4n) is 5.69. The predicted molar refractivity (Wildman–Crippen MR) is 111 cm³/mol. The van der Waals surface area contributed by atoms with Gasteiger partial charge in [0.25, 0.3) is 0 Å². The van der Waals surface area contributed by atoms with Crippen molar-refractivity contribution in [2.24, 2.45) is 16.7 Å². The minimum atomic E-state index is -1.44. The van der Waals surface area contributed by atoms with Crippen LogP contribution in [0.5, 0.6) is 0 Å². The van der Waals surface area contributed by atoms with E-state index in [1.807, 2.05) is 0 Å². The highest BCUT2D eigenvalue weighted by Crippen LogP contribution is 2.66. The van der Waals surface area contributed by atoms with Crippen molar-refractivity contribution in [2.75, 3.05) is 7.11 Å². The summed E-state index contributed by atoms with van der Waals surface area (Å²) in [5, 5.41) is 0. The molecule has 186 valence electrons. The zero-order chi connectivity index (χ0) is 24.7. The minimum absolute atomic E-state index is 0.0283. The third-order valence-corrected chi connectivity index (χ3v) is 7.85. The minimum Gasteiger partial charge on any atom is -0.467 e. The van der Waals surface area contributed by atoms with Crippen LogP contribution in [0.4, 0.5) is 0 Å². The van der Waals surface area contributed by atoms with E-state index in [4.69, 9.17) is 28.4 Å². The average Bonchev–Trinajstić information content (AvgIpc) is 3.04. The summed E-state index contributed by atoms with van der Waals surface area (Å²) in [5.41, 5.74) is -0.132. The number of rotatable bonds is 6. The number of hydrogen-bond acceptors (Lipinski definition) is 10. The van der Waals surface area contributed by atoms with Gasteiger partial charge in [-0.05, 0) is 36.0 Å². The van der Waals surface area contributed by atoms with Crippen LogP contribution >= 0.6 is 0 Å². The number of fused-ring (bicyclic) bond motifs is 2. The Morgan fingerprint density at radius 2 is 1.39 bits per heavy atom. The van der Waals surface area contributed by atoms with Crippen molar-refractivity contribution in [2.45, 2.75) is 97.6 Å². The molecule has 1 aliphatic heterocycles. The van der Waals surface area contributed by atoms with Gasteiger partial charge in [0.1, 0.15) is 0 Å². The number of hydrogen-bond donors (Lipinski definition) is 0. The molecule has 0 spiro atoms. The van der Waals surface area contributed by atoms with Crippen molar-refractivity contribution < 1.29 is 47.6 Å². The highest BCUT2D eigenvalue weighted by atomic mass is 16.7. The number of carbonyl (C=O) groups is 4. The fraction of sp³-hybridized carbons (Fsp3) is 0.826. The van der Waals surface area contributed by atoms with Crippen molar-refractivity contribution in [3.63, 3.8) is 0 Å². The van der Waals surface area contributed by atoms with E-state index >= 15 is 0 Å². The van der Waals surface area contributed by atoms with E-state index in [2.05, 4.69) is 20.8 Å². The van der Waals surface area contributed by atoms with Gasteiger partial charge in [0, 0.05) is 20.8 Å². The van der Waals surface area contributed by atoms with Crippen LogP contribution < -0.4 is 0 Å². The highest BCUT2D eigenvalue weighted by molar-refractivity contribution is 5.77. The van der Waals surface area contributed by atoms with Gasteiger partial charge in [0.15, 0.2) is 30.7 Å². The summed E-state index contributed by atoms with van der Waals surface area (Å²) in [5.74, 6) is -2.51. The normalized spacial score (nSPS) is 38.9. The third-order valence-electron chi connectivity index (χ3n) is 7.85. The van der Waals surface area contributed by atoms with Gasteiger partial charge in [-0.3, -0.25) is 14.4 Å². The van der Waals surface area contributed by atoms with Crippen LogP contribution in [0.15, 0.2) is 0 Å². The lowest BCUT2D eigenvalue weighted by atomic mass is 9.70. The van der Waals surface area contributed by atoms with Crippen molar-refractivity contribution in [3.8, 4) is 0 Å². The molecule has 2 bridgehead atoms. The number of esters is 4. The topological polar surface area (TPSA) is 124 Å². The zero-order valence-corrected chi connectivity index (χ0v) is 20.2. The number of carbonyl (C=O) groups excluding carboxylic acids is 4. The van der Waals surface area contributed by atoms with E-state index in [0.717, 1.165) is 40.2 Å². The van der Waals surface area contributed by atoms with E-state index in [0.29, 0.717) is 5.92 Å². The quantitative estimate of drug-likeness (QED) is 0.420. The lowest BCUT2D eigenvalue weighted by Gasteiger charge is -2.46. The average molecular weight is 471 g/mol. The van der Waals surface area contributed by atoms with E-state index in [1.54, 1.807) is 0 Å². The molecule has 0 aromatic heterocycles. The highest BCUT2D eigenvalue weighted by Gasteiger charge is 2.64. The van der Waals surface area contributed by atoms with Crippen molar-refractivity contribution in [1.82, 2.24) is 0 Å². The summed E-state index contributed by atoms with van der Waals surface area (Å²) in [6, 6.07) is 0. The van der Waals surface area contributed by atoms with Crippen LogP contribution in [0.1, 0.15) is 60.8 Å². The number of methoxy groups -OCH3 is 1. The van der Waals surface area contributed by atoms with E-state index < -0.39 is 54.6 Å². The van der Waals surface area contributed by atoms with Crippen molar-refractivity contribution in [1.29, 1.82) is 0 Å². The van der Waals surface area contributed by atoms with Crippen LogP contribution in [-0.4, -0.2) is 67.8 Å². The predicted octanol–water partition coefficient (Wildman–Crippen LogP) is 1.91. The molecule has 2 saturated carbocycles. The first-order valence-corrected chi connectivity index (χ1v) is 11.2. The fourth-order valence-corrected chi connectivity index (χ4v) is 5.69. The van der Waals surface area contributed by atoms with Crippen LogP contribution in [0.2, 0.25) is 0 Å². The molecule has 3 fully saturated rings. The molecular weight excluding hydrogens is 436 g/mol. The second-order valence-corrected chi connectivity index (χ2v) is 9.91. The Morgan fingerprint density at radius 1 is 0.848 bits per heavy atom. The maximum atomic E-state index is 12.6. The van der Waals surface area contributed by atoms with Gasteiger partial charge in [0.2, 0.25) is 0 Å². The van der Waals surface area contributed by atoms with Gasteiger partial charge < -0.3 is 28.4 Å². The molecule has 8 atom stereocenters. The van der Waals surface area contributed by atoms with Crippen molar-refractivity contribution >= 4 is 23.9 Å². The zero-order valence-electron chi connectivity index (χ0n) is 20.2. The largest absolute Gasteiger partial charge is 0.467 e. The van der Waals surface area contributed by atoms with E-state index in [1.165, 1.54) is 6.92 Å². The molecule has 2 aliphatic carbocycles. The van der Waals surface area contributed by atoms with Crippen LogP contribution in [-0.2, 0) is 47.6 Å². The Bertz CT molecular complexity index is 807. The van der Waals surface area contributed by atoms with Crippen molar-refractivity contribution in [3.05, 3.63) is 0 Å². The lowest BCUT2D eigenvalue weighted by Crippen LogP contribution is -2.64. The van der Waals surface area contributed by atoms with Gasteiger partial charge in [0.05, 0.1) is 13.2 Å². The molecule has 33 heavy (non-hydrogen) atoms. The molecule has 3 unspecified atom stereocenters. The monoisotopic (exact) mass is 470 g/mol. The van der Waals surface area contributed by atoms with Crippen LogP contribution in [0.25, 0.3) is 0 Å². The molecule has 1 heterocycles. The smallest absolute Gasteiger partial charge is 0.339 e. The molecule has 0 aromatic rings. The lowest BCUT2D eigenvalue weighted by molar-refractivity contribution is -0.317. The van der Waals surface area contributed by atoms with Crippen LogP contribution in [0.3, 0.4) is 0 Å². The maximum Gasteiger partial charge on any atom is 0.339 e. The molecule has 0 aromatic carbocycles. The first-order chi connectivity index (χ1) is 15.3. The SMILES string of the molecule is COC(=O)[C@@H]1O[C@@H](OC2CC3CCC2(C)C3(C)C)[C@H](OC(C)=O)[C@@H](OC(C)=O)[C@@H]1OC(C)=O. The molecular formula is C23H34O10. The summed E-state index contributed by atoms with van der Waals surface area (Å²) in [6.45, 7) is 10.1. The Kier molecular flexibility index (Phi) is 7.10. The Hall–Kier alpha value is -2.20. The van der Waals surface area contributed by atoms with Crippen LogP contribution in [0, 0.1) is 16.7 Å². The standard InChI is InChI=1S/C23H34O10/c1-11(24)29-16-17(30-12(2)25)19(31-13(3)26)21(33-18(16)20(27)28-7)32-15-10-14-8-9-23(15,6)22(14,4)5/h14-19,21H,8-10H2,1-7H3/t14?,15?,16-,17-,18+,19+,21+,23?/m0/s1. The first kappa shape index (κ1) is 25.4. The molecule has 1 saturated heterocycles. The maximum absolute atomic E-state index is 12.6. The summed E-state index contributed by atoms with van der Waals surface area (Å²) in [4.78, 5) is 48.2. The summed E-state index contributed by atoms with van der Waals surface area (Å²) in [6.07, 6.45) is -4.08. The Balaban J connectivity index is 1.98. The number of ether oxygens (including phenoxy) is 6. The van der Waals surface area contributed by atoms with Gasteiger partial charge in [-0.15, -0.1) is 0 Å². The van der Waals surface area contributed by atoms with E-state index in [9.17, 15) is 19.2 Å². The van der Waals surface area contributed by atoms with Gasteiger partial charge in [-0.25, -0.2) is 4.79 Å². The molecule has 10 heteroatoms. The summed E-state index contributed by atoms with van der Waals surface area (Å²) < 4.78 is 33.3. The third kappa shape index (κ3) is 4.59. The van der Waals surface area contributed by atoms with Gasteiger partial charge >= 0.3 is 23.9 Å². The second-order valence-electron chi connectivity index (χ2n) is 9.91. The summed E-state index contributed by atoms with van der Waals surface area (Å²) in [7, 11) is 1.16. The van der Waals surface area contributed by atoms with Gasteiger partial charge in [-0.1, -0.05) is 20.8 Å². The Labute approximate surface area is 193 Å². The molecule has 3 rings (SSSR count). The summed E-state index contributed by atoms with van der Waals surface area (Å²) >= 11 is 0. The van der Waals surface area contributed by atoms with E-state index in [-0.39, 0.29) is 16.9 Å².